The molecule has 0 radical (unpaired) electrons. The molecule has 0 fully saturated rings. The normalized spacial score (nSPS) is 11.2. The second kappa shape index (κ2) is 8.59. The highest BCUT2D eigenvalue weighted by Gasteiger charge is 2.14. The molecule has 7 heteroatoms. The fourth-order valence-electron chi connectivity index (χ4n) is 3.10. The van der Waals surface area contributed by atoms with Gasteiger partial charge in [-0.3, -0.25) is 9.52 Å². The summed E-state index contributed by atoms with van der Waals surface area (Å²) in [5.41, 5.74) is 3.43. The number of aryl methyl sites for hydroxylation is 3. The fraction of sp³-hybridized carbons (Fsp3) is 0.174. The molecule has 0 aliphatic carbocycles. The minimum absolute atomic E-state index is 0.0640. The fourth-order valence-corrected chi connectivity index (χ4v) is 3.64. The van der Waals surface area contributed by atoms with Crippen molar-refractivity contribution in [3.63, 3.8) is 0 Å². The number of nitrogens with zero attached hydrogens (tertiary/aromatic N) is 1. The number of hydrogen-bond acceptors (Lipinski definition) is 4. The zero-order chi connectivity index (χ0) is 21.9. The Labute approximate surface area is 176 Å². The lowest BCUT2D eigenvalue weighted by Gasteiger charge is -2.15. The maximum Gasteiger partial charge on any atom is 0.254 e. The first-order chi connectivity index (χ1) is 14.2. The monoisotopic (exact) mass is 424 g/mol. The third-order valence-electron chi connectivity index (χ3n) is 4.63. The largest absolute Gasteiger partial charge is 0.457 e. The molecule has 0 saturated carbocycles. The van der Waals surface area contributed by atoms with Crippen LogP contribution in [-0.4, -0.2) is 13.0 Å². The van der Waals surface area contributed by atoms with Crippen molar-refractivity contribution in [1.82, 2.24) is 4.57 Å². The average molecular weight is 425 g/mol. The standard InChI is InChI=1S/C23H24N2O4S/c1-5-17-13-18(15-25(4)23(17)26)21-14-19(24-30(27,28)6-2)10-11-22(21)29-20-9-7-8-16(3)12-20/h6-15,24H,2,5H2,1,3-4H3. The van der Waals surface area contributed by atoms with Gasteiger partial charge in [0.15, 0.2) is 0 Å². The van der Waals surface area contributed by atoms with Crippen molar-refractivity contribution in [1.29, 1.82) is 0 Å². The van der Waals surface area contributed by atoms with Gasteiger partial charge in [0.25, 0.3) is 15.6 Å². The Morgan fingerprint density at radius 1 is 1.17 bits per heavy atom. The van der Waals surface area contributed by atoms with E-state index in [0.717, 1.165) is 16.5 Å². The van der Waals surface area contributed by atoms with Crippen LogP contribution in [0, 0.1) is 6.92 Å². The van der Waals surface area contributed by atoms with Crippen molar-refractivity contribution in [2.45, 2.75) is 20.3 Å². The van der Waals surface area contributed by atoms with Crippen LogP contribution in [0.2, 0.25) is 0 Å². The predicted molar refractivity (Wildman–Crippen MR) is 120 cm³/mol. The van der Waals surface area contributed by atoms with Gasteiger partial charge in [0.2, 0.25) is 0 Å². The van der Waals surface area contributed by atoms with E-state index in [1.807, 2.05) is 44.2 Å². The third kappa shape index (κ3) is 4.80. The molecule has 1 aromatic heterocycles. The molecule has 3 rings (SSSR count). The molecule has 0 unspecified atom stereocenters. The first kappa shape index (κ1) is 21.4. The van der Waals surface area contributed by atoms with Gasteiger partial charge < -0.3 is 9.30 Å². The topological polar surface area (TPSA) is 77.4 Å². The highest BCUT2D eigenvalue weighted by molar-refractivity contribution is 7.95. The van der Waals surface area contributed by atoms with Crippen LogP contribution in [0.5, 0.6) is 11.5 Å². The molecule has 1 N–H and O–H groups in total. The predicted octanol–water partition coefficient (Wildman–Crippen LogP) is 4.60. The number of anilines is 1. The van der Waals surface area contributed by atoms with Gasteiger partial charge in [-0.05, 0) is 55.3 Å². The average Bonchev–Trinajstić information content (AvgIpc) is 2.71. The Bertz CT molecular complexity index is 1260. The molecule has 0 aliphatic rings. The summed E-state index contributed by atoms with van der Waals surface area (Å²) in [6, 6.07) is 14.5. The van der Waals surface area contributed by atoms with E-state index in [-0.39, 0.29) is 5.56 Å². The van der Waals surface area contributed by atoms with E-state index >= 15 is 0 Å². The smallest absolute Gasteiger partial charge is 0.254 e. The molecular formula is C23H24N2O4S. The quantitative estimate of drug-likeness (QED) is 0.601. The van der Waals surface area contributed by atoms with Crippen LogP contribution >= 0.6 is 0 Å². The molecule has 0 bridgehead atoms. The Kier molecular flexibility index (Phi) is 6.12. The second-order valence-corrected chi connectivity index (χ2v) is 8.59. The first-order valence-corrected chi connectivity index (χ1v) is 11.0. The molecular weight excluding hydrogens is 400 g/mol. The van der Waals surface area contributed by atoms with Crippen LogP contribution in [-0.2, 0) is 23.5 Å². The van der Waals surface area contributed by atoms with Gasteiger partial charge in [-0.1, -0.05) is 25.6 Å². The van der Waals surface area contributed by atoms with E-state index in [1.165, 1.54) is 4.57 Å². The maximum atomic E-state index is 12.3. The van der Waals surface area contributed by atoms with Crippen LogP contribution in [0.4, 0.5) is 5.69 Å². The number of benzene rings is 2. The van der Waals surface area contributed by atoms with Crippen LogP contribution in [0.15, 0.2) is 71.5 Å². The molecule has 30 heavy (non-hydrogen) atoms. The summed E-state index contributed by atoms with van der Waals surface area (Å²) in [4.78, 5) is 12.3. The lowest BCUT2D eigenvalue weighted by Crippen LogP contribution is -2.20. The van der Waals surface area contributed by atoms with Crippen LogP contribution in [0.1, 0.15) is 18.1 Å². The number of aromatic nitrogens is 1. The molecule has 0 amide bonds. The summed E-state index contributed by atoms with van der Waals surface area (Å²) in [5.74, 6) is 1.21. The summed E-state index contributed by atoms with van der Waals surface area (Å²) < 4.78 is 33.9. The van der Waals surface area contributed by atoms with Gasteiger partial charge in [0, 0.05) is 41.0 Å². The maximum absolute atomic E-state index is 12.3. The SMILES string of the molecule is C=CS(=O)(=O)Nc1ccc(Oc2cccc(C)c2)c(-c2cc(CC)c(=O)n(C)c2)c1. The summed E-state index contributed by atoms with van der Waals surface area (Å²) in [5, 5.41) is 0.852. The third-order valence-corrected chi connectivity index (χ3v) is 5.58. The van der Waals surface area contributed by atoms with Crippen LogP contribution in [0.3, 0.4) is 0 Å². The lowest BCUT2D eigenvalue weighted by molar-refractivity contribution is 0.484. The van der Waals surface area contributed by atoms with E-state index in [1.54, 1.807) is 31.4 Å². The van der Waals surface area contributed by atoms with E-state index in [4.69, 9.17) is 4.74 Å². The Hall–Kier alpha value is -3.32. The molecule has 156 valence electrons. The van der Waals surface area contributed by atoms with Crippen molar-refractivity contribution in [3.05, 3.63) is 88.2 Å². The first-order valence-electron chi connectivity index (χ1n) is 9.46. The van der Waals surface area contributed by atoms with Gasteiger partial charge in [-0.15, -0.1) is 0 Å². The molecule has 1 heterocycles. The molecule has 0 saturated heterocycles. The number of hydrogen-bond donors (Lipinski definition) is 1. The van der Waals surface area contributed by atoms with Crippen molar-refractivity contribution in [3.8, 4) is 22.6 Å². The van der Waals surface area contributed by atoms with Gasteiger partial charge in [-0.25, -0.2) is 8.42 Å². The second-order valence-electron chi connectivity index (χ2n) is 6.97. The Morgan fingerprint density at radius 2 is 1.93 bits per heavy atom. The summed E-state index contributed by atoms with van der Waals surface area (Å²) >= 11 is 0. The number of nitrogens with one attached hydrogen (secondary N) is 1. The Morgan fingerprint density at radius 3 is 2.60 bits per heavy atom. The van der Waals surface area contributed by atoms with Crippen molar-refractivity contribution < 1.29 is 13.2 Å². The molecule has 0 atom stereocenters. The molecule has 0 aliphatic heterocycles. The number of rotatable bonds is 7. The van der Waals surface area contributed by atoms with Gasteiger partial charge in [-0.2, -0.15) is 0 Å². The van der Waals surface area contributed by atoms with E-state index in [9.17, 15) is 13.2 Å². The number of ether oxygens (including phenoxy) is 1. The minimum atomic E-state index is -3.66. The molecule has 3 aromatic rings. The van der Waals surface area contributed by atoms with E-state index in [0.29, 0.717) is 34.7 Å². The van der Waals surface area contributed by atoms with Gasteiger partial charge >= 0.3 is 0 Å². The van der Waals surface area contributed by atoms with Crippen molar-refractivity contribution >= 4 is 15.7 Å². The van der Waals surface area contributed by atoms with E-state index < -0.39 is 10.0 Å². The minimum Gasteiger partial charge on any atom is -0.457 e. The van der Waals surface area contributed by atoms with Gasteiger partial charge in [0.1, 0.15) is 11.5 Å². The van der Waals surface area contributed by atoms with Crippen molar-refractivity contribution in [2.24, 2.45) is 7.05 Å². The number of pyridine rings is 1. The van der Waals surface area contributed by atoms with Crippen LogP contribution < -0.4 is 15.0 Å². The molecule has 6 nitrogen and oxygen atoms in total. The van der Waals surface area contributed by atoms with Crippen LogP contribution in [0.25, 0.3) is 11.1 Å². The zero-order valence-electron chi connectivity index (χ0n) is 17.2. The summed E-state index contributed by atoms with van der Waals surface area (Å²) in [6.45, 7) is 7.21. The number of sulfonamides is 1. The van der Waals surface area contributed by atoms with Crippen molar-refractivity contribution in [2.75, 3.05) is 4.72 Å². The Balaban J connectivity index is 2.16. The molecule has 0 spiro atoms. The molecule has 2 aromatic carbocycles. The summed E-state index contributed by atoms with van der Waals surface area (Å²) in [7, 11) is -1.97. The highest BCUT2D eigenvalue weighted by atomic mass is 32.2. The lowest BCUT2D eigenvalue weighted by atomic mass is 10.0. The zero-order valence-corrected chi connectivity index (χ0v) is 18.0. The van der Waals surface area contributed by atoms with E-state index in [2.05, 4.69) is 11.3 Å². The summed E-state index contributed by atoms with van der Waals surface area (Å²) in [6.07, 6.45) is 2.29. The highest BCUT2D eigenvalue weighted by Crippen LogP contribution is 2.36. The van der Waals surface area contributed by atoms with Gasteiger partial charge in [0.05, 0.1) is 0 Å².